The summed E-state index contributed by atoms with van der Waals surface area (Å²) in [5.74, 6) is 0.419. The first-order valence-electron chi connectivity index (χ1n) is 7.63. The lowest BCUT2D eigenvalue weighted by Crippen LogP contribution is -2.36. The molecule has 23 heavy (non-hydrogen) atoms. The summed E-state index contributed by atoms with van der Waals surface area (Å²) in [7, 11) is 0. The van der Waals surface area contributed by atoms with Gasteiger partial charge in [-0.05, 0) is 23.1 Å². The van der Waals surface area contributed by atoms with Crippen LogP contribution >= 0.6 is 0 Å². The lowest BCUT2D eigenvalue weighted by atomic mass is 9.87. The maximum Gasteiger partial charge on any atom is 0.260 e. The molecule has 0 aromatic heterocycles. The Morgan fingerprint density at radius 2 is 1.61 bits per heavy atom. The Balaban J connectivity index is 2.59. The Kier molecular flexibility index (Phi) is 7.09. The average Bonchev–Trinajstić information content (AvgIpc) is 2.52. The summed E-state index contributed by atoms with van der Waals surface area (Å²) >= 11 is 0. The van der Waals surface area contributed by atoms with Crippen molar-refractivity contribution in [2.45, 2.75) is 39.0 Å². The normalized spacial score (nSPS) is 10.5. The molecule has 5 nitrogen and oxygen atoms in total. The Morgan fingerprint density at radius 3 is 2.04 bits per heavy atom. The van der Waals surface area contributed by atoms with Crippen molar-refractivity contribution in [1.29, 1.82) is 10.5 Å². The minimum absolute atomic E-state index is 0.0692. The van der Waals surface area contributed by atoms with E-state index in [1.54, 1.807) is 0 Å². The van der Waals surface area contributed by atoms with E-state index >= 15 is 0 Å². The maximum absolute atomic E-state index is 12.1. The van der Waals surface area contributed by atoms with Crippen molar-refractivity contribution in [2.24, 2.45) is 0 Å². The first-order chi connectivity index (χ1) is 10.9. The van der Waals surface area contributed by atoms with Gasteiger partial charge < -0.3 is 9.64 Å². The number of benzene rings is 1. The van der Waals surface area contributed by atoms with Crippen LogP contribution in [0.5, 0.6) is 5.75 Å². The molecule has 122 valence electrons. The highest BCUT2D eigenvalue weighted by Crippen LogP contribution is 2.24. The van der Waals surface area contributed by atoms with Crippen molar-refractivity contribution in [1.82, 2.24) is 4.90 Å². The van der Waals surface area contributed by atoms with Crippen molar-refractivity contribution in [3.05, 3.63) is 29.8 Å². The molecular formula is C18H23N3O2. The first kappa shape index (κ1) is 18.5. The van der Waals surface area contributed by atoms with Crippen LogP contribution in [0, 0.1) is 22.7 Å². The van der Waals surface area contributed by atoms with Gasteiger partial charge in [-0.3, -0.25) is 4.79 Å². The zero-order chi connectivity index (χ0) is 17.3. The minimum Gasteiger partial charge on any atom is -0.484 e. The number of nitriles is 2. The molecule has 1 rings (SSSR count). The Morgan fingerprint density at radius 1 is 1.09 bits per heavy atom. The smallest absolute Gasteiger partial charge is 0.260 e. The van der Waals surface area contributed by atoms with Gasteiger partial charge in [0.1, 0.15) is 5.75 Å². The van der Waals surface area contributed by atoms with E-state index in [9.17, 15) is 4.79 Å². The summed E-state index contributed by atoms with van der Waals surface area (Å²) < 4.78 is 5.52. The first-order valence-corrected chi connectivity index (χ1v) is 7.63. The van der Waals surface area contributed by atoms with E-state index in [1.165, 1.54) is 10.5 Å². The van der Waals surface area contributed by atoms with E-state index in [1.807, 2.05) is 36.4 Å². The third-order valence-corrected chi connectivity index (χ3v) is 3.42. The summed E-state index contributed by atoms with van der Waals surface area (Å²) in [6, 6.07) is 11.7. The zero-order valence-electron chi connectivity index (χ0n) is 14.0. The third kappa shape index (κ3) is 6.40. The standard InChI is InChI=1S/C18H23N3O2/c1-18(2,3)15-6-8-16(9-7-15)23-14-17(22)21(12-4-10-19)13-5-11-20/h6-9H,4-5,12-14H2,1-3H3. The Hall–Kier alpha value is -2.53. The van der Waals surface area contributed by atoms with Crippen LogP contribution in [0.1, 0.15) is 39.2 Å². The van der Waals surface area contributed by atoms with Gasteiger partial charge >= 0.3 is 0 Å². The highest BCUT2D eigenvalue weighted by atomic mass is 16.5. The molecule has 0 N–H and O–H groups in total. The second-order valence-electron chi connectivity index (χ2n) is 6.26. The summed E-state index contributed by atoms with van der Waals surface area (Å²) in [5, 5.41) is 17.3. The SMILES string of the molecule is CC(C)(C)c1ccc(OCC(=O)N(CCC#N)CCC#N)cc1. The number of amides is 1. The number of hydrogen-bond donors (Lipinski definition) is 0. The second kappa shape index (κ2) is 8.80. The molecule has 0 atom stereocenters. The molecule has 0 fully saturated rings. The highest BCUT2D eigenvalue weighted by molar-refractivity contribution is 5.77. The highest BCUT2D eigenvalue weighted by Gasteiger charge is 2.15. The molecule has 0 heterocycles. The van der Waals surface area contributed by atoms with Crippen LogP contribution in [0.4, 0.5) is 0 Å². The predicted molar refractivity (Wildman–Crippen MR) is 87.7 cm³/mol. The number of hydrogen-bond acceptors (Lipinski definition) is 4. The molecule has 0 unspecified atom stereocenters. The molecule has 0 bridgehead atoms. The van der Waals surface area contributed by atoms with Crippen LogP contribution in [0.15, 0.2) is 24.3 Å². The van der Waals surface area contributed by atoms with Gasteiger partial charge in [-0.1, -0.05) is 32.9 Å². The molecule has 0 radical (unpaired) electrons. The van der Waals surface area contributed by atoms with Gasteiger partial charge in [0, 0.05) is 13.1 Å². The molecular weight excluding hydrogens is 290 g/mol. The lowest BCUT2D eigenvalue weighted by Gasteiger charge is -2.21. The number of nitrogens with zero attached hydrogens (tertiary/aromatic N) is 3. The fourth-order valence-corrected chi connectivity index (χ4v) is 2.02. The average molecular weight is 313 g/mol. The van der Waals surface area contributed by atoms with Crippen LogP contribution in [0.2, 0.25) is 0 Å². The summed E-state index contributed by atoms with van der Waals surface area (Å²) in [5.41, 5.74) is 1.26. The molecule has 0 spiro atoms. The van der Waals surface area contributed by atoms with E-state index in [0.717, 1.165) is 0 Å². The van der Waals surface area contributed by atoms with Crippen LogP contribution < -0.4 is 4.74 Å². The van der Waals surface area contributed by atoms with E-state index in [-0.39, 0.29) is 30.8 Å². The number of ether oxygens (including phenoxy) is 1. The van der Waals surface area contributed by atoms with E-state index < -0.39 is 0 Å². The van der Waals surface area contributed by atoms with Gasteiger partial charge in [0.05, 0.1) is 25.0 Å². The van der Waals surface area contributed by atoms with Crippen LogP contribution in [0.25, 0.3) is 0 Å². The Labute approximate surface area is 138 Å². The van der Waals surface area contributed by atoms with Gasteiger partial charge in [0.25, 0.3) is 5.91 Å². The van der Waals surface area contributed by atoms with E-state index in [2.05, 4.69) is 20.8 Å². The summed E-state index contributed by atoms with van der Waals surface area (Å²) in [4.78, 5) is 13.6. The van der Waals surface area contributed by atoms with Gasteiger partial charge in [-0.25, -0.2) is 0 Å². The quantitative estimate of drug-likeness (QED) is 0.775. The summed E-state index contributed by atoms with van der Waals surface area (Å²) in [6.45, 7) is 6.95. The molecule has 0 saturated heterocycles. The predicted octanol–water partition coefficient (Wildman–Crippen LogP) is 3.02. The van der Waals surface area contributed by atoms with E-state index in [0.29, 0.717) is 18.8 Å². The monoisotopic (exact) mass is 313 g/mol. The molecule has 0 aliphatic carbocycles. The number of rotatable bonds is 7. The second-order valence-corrected chi connectivity index (χ2v) is 6.26. The number of carbonyl (C=O) groups excluding carboxylic acids is 1. The van der Waals surface area contributed by atoms with Crippen LogP contribution in [-0.2, 0) is 10.2 Å². The van der Waals surface area contributed by atoms with Gasteiger partial charge in [-0.15, -0.1) is 0 Å². The fraction of sp³-hybridized carbons (Fsp3) is 0.500. The minimum atomic E-state index is -0.213. The number of carbonyl (C=O) groups is 1. The topological polar surface area (TPSA) is 77.1 Å². The summed E-state index contributed by atoms with van der Waals surface area (Å²) in [6.07, 6.45) is 0.495. The molecule has 5 heteroatoms. The molecule has 0 aliphatic rings. The largest absolute Gasteiger partial charge is 0.484 e. The van der Waals surface area contributed by atoms with Gasteiger partial charge in [-0.2, -0.15) is 10.5 Å². The van der Waals surface area contributed by atoms with Crippen molar-refractivity contribution >= 4 is 5.91 Å². The van der Waals surface area contributed by atoms with Crippen molar-refractivity contribution < 1.29 is 9.53 Å². The van der Waals surface area contributed by atoms with Gasteiger partial charge in [0.15, 0.2) is 6.61 Å². The van der Waals surface area contributed by atoms with Crippen molar-refractivity contribution in [2.75, 3.05) is 19.7 Å². The molecule has 0 saturated carbocycles. The van der Waals surface area contributed by atoms with Crippen molar-refractivity contribution in [3.8, 4) is 17.9 Å². The van der Waals surface area contributed by atoms with Gasteiger partial charge in [0.2, 0.25) is 0 Å². The van der Waals surface area contributed by atoms with Crippen molar-refractivity contribution in [3.63, 3.8) is 0 Å². The lowest BCUT2D eigenvalue weighted by molar-refractivity contribution is -0.133. The molecule has 1 aromatic carbocycles. The third-order valence-electron chi connectivity index (χ3n) is 3.42. The molecule has 1 aromatic rings. The fourth-order valence-electron chi connectivity index (χ4n) is 2.02. The Bertz CT molecular complexity index is 571. The van der Waals surface area contributed by atoms with Crippen LogP contribution in [0.3, 0.4) is 0 Å². The van der Waals surface area contributed by atoms with Crippen LogP contribution in [-0.4, -0.2) is 30.5 Å². The molecule has 1 amide bonds. The van der Waals surface area contributed by atoms with E-state index in [4.69, 9.17) is 15.3 Å². The molecule has 0 aliphatic heterocycles. The zero-order valence-corrected chi connectivity index (χ0v) is 14.0. The maximum atomic E-state index is 12.1.